The maximum absolute atomic E-state index is 5.48. The fraction of sp³-hybridized carbons (Fsp3) is 0.700. The van der Waals surface area contributed by atoms with E-state index in [1.807, 2.05) is 0 Å². The summed E-state index contributed by atoms with van der Waals surface area (Å²) >= 11 is 0. The van der Waals surface area contributed by atoms with E-state index in [2.05, 4.69) is 30.7 Å². The highest BCUT2D eigenvalue weighted by atomic mass is 14.9. The summed E-state index contributed by atoms with van der Waals surface area (Å²) in [6.45, 7) is 7.14. The first-order chi connectivity index (χ1) is 6.19. The molecule has 0 spiro atoms. The summed E-state index contributed by atoms with van der Waals surface area (Å²) in [4.78, 5) is 7.86. The second-order valence-corrected chi connectivity index (χ2v) is 3.59. The number of nitrogens with two attached hydrogens (primary N) is 1. The molecule has 3 N–H and O–H groups in total. The third kappa shape index (κ3) is 2.31. The van der Waals surface area contributed by atoms with Gasteiger partial charge in [-0.3, -0.25) is 0 Å². The van der Waals surface area contributed by atoms with Gasteiger partial charge in [0.2, 0.25) is 0 Å². The Balaban J connectivity index is 2.90. The molecule has 0 aliphatic carbocycles. The highest BCUT2D eigenvalue weighted by Crippen LogP contribution is 2.17. The lowest BCUT2D eigenvalue weighted by Gasteiger charge is -2.01. The lowest BCUT2D eigenvalue weighted by Crippen LogP contribution is -2.04. The van der Waals surface area contributed by atoms with Crippen LogP contribution < -0.4 is 5.73 Å². The van der Waals surface area contributed by atoms with Crippen LogP contribution in [0, 0.1) is 0 Å². The number of aromatic nitrogens is 2. The highest BCUT2D eigenvalue weighted by Gasteiger charge is 2.10. The van der Waals surface area contributed by atoms with Gasteiger partial charge in [0.15, 0.2) is 0 Å². The zero-order valence-corrected chi connectivity index (χ0v) is 8.72. The Kier molecular flexibility index (Phi) is 3.48. The second-order valence-electron chi connectivity index (χ2n) is 3.59. The molecule has 1 heterocycles. The van der Waals surface area contributed by atoms with Crippen molar-refractivity contribution in [1.82, 2.24) is 9.97 Å². The van der Waals surface area contributed by atoms with Crippen molar-refractivity contribution in [2.45, 2.75) is 39.5 Å². The molecular weight excluding hydrogens is 162 g/mol. The minimum Gasteiger partial charge on any atom is -0.346 e. The standard InChI is InChI=1S/C10H19N3/c1-4-8-10(7(2)3)13-9(12-8)5-6-11/h7H,4-6,11H2,1-3H3,(H,12,13). The van der Waals surface area contributed by atoms with Gasteiger partial charge in [0, 0.05) is 12.1 Å². The van der Waals surface area contributed by atoms with Crippen molar-refractivity contribution in [3.05, 3.63) is 17.2 Å². The van der Waals surface area contributed by atoms with Gasteiger partial charge < -0.3 is 10.7 Å². The van der Waals surface area contributed by atoms with E-state index in [-0.39, 0.29) is 0 Å². The Bertz CT molecular complexity index is 263. The number of rotatable bonds is 4. The summed E-state index contributed by atoms with van der Waals surface area (Å²) in [5.41, 5.74) is 7.94. The lowest BCUT2D eigenvalue weighted by molar-refractivity contribution is 0.803. The normalized spacial score (nSPS) is 11.2. The molecule has 0 amide bonds. The van der Waals surface area contributed by atoms with E-state index in [9.17, 15) is 0 Å². The average molecular weight is 181 g/mol. The van der Waals surface area contributed by atoms with Gasteiger partial charge in [-0.05, 0) is 18.9 Å². The summed E-state index contributed by atoms with van der Waals surface area (Å²) in [6.07, 6.45) is 1.87. The van der Waals surface area contributed by atoms with Crippen LogP contribution in [-0.4, -0.2) is 16.5 Å². The van der Waals surface area contributed by atoms with Gasteiger partial charge in [0.1, 0.15) is 5.82 Å². The number of nitrogens with zero attached hydrogens (tertiary/aromatic N) is 1. The third-order valence-corrected chi connectivity index (χ3v) is 2.14. The van der Waals surface area contributed by atoms with E-state index in [1.165, 1.54) is 11.4 Å². The molecule has 0 fully saturated rings. The molecule has 1 rings (SSSR count). The first-order valence-corrected chi connectivity index (χ1v) is 4.96. The Hall–Kier alpha value is -0.830. The Morgan fingerprint density at radius 2 is 2.15 bits per heavy atom. The van der Waals surface area contributed by atoms with Crippen LogP contribution in [0.5, 0.6) is 0 Å². The number of aromatic amines is 1. The molecule has 0 saturated carbocycles. The maximum atomic E-state index is 5.48. The van der Waals surface area contributed by atoms with Crippen molar-refractivity contribution in [1.29, 1.82) is 0 Å². The number of hydrogen-bond donors (Lipinski definition) is 2. The lowest BCUT2D eigenvalue weighted by atomic mass is 10.1. The Labute approximate surface area is 79.8 Å². The fourth-order valence-electron chi connectivity index (χ4n) is 1.48. The summed E-state index contributed by atoms with van der Waals surface area (Å²) in [5, 5.41) is 0. The summed E-state index contributed by atoms with van der Waals surface area (Å²) < 4.78 is 0. The van der Waals surface area contributed by atoms with Crippen LogP contribution >= 0.6 is 0 Å². The minimum absolute atomic E-state index is 0.498. The molecule has 0 bridgehead atoms. The van der Waals surface area contributed by atoms with Crippen LogP contribution in [0.3, 0.4) is 0 Å². The smallest absolute Gasteiger partial charge is 0.107 e. The molecule has 0 aliphatic heterocycles. The molecule has 13 heavy (non-hydrogen) atoms. The predicted octanol–water partition coefficient (Wildman–Crippen LogP) is 1.60. The van der Waals surface area contributed by atoms with E-state index in [1.54, 1.807) is 0 Å². The van der Waals surface area contributed by atoms with Gasteiger partial charge in [0.25, 0.3) is 0 Å². The van der Waals surface area contributed by atoms with E-state index < -0.39 is 0 Å². The predicted molar refractivity (Wildman–Crippen MR) is 54.8 cm³/mol. The van der Waals surface area contributed by atoms with Gasteiger partial charge in [-0.15, -0.1) is 0 Å². The Morgan fingerprint density at radius 3 is 2.54 bits per heavy atom. The van der Waals surface area contributed by atoms with Crippen molar-refractivity contribution >= 4 is 0 Å². The average Bonchev–Trinajstić information content (AvgIpc) is 2.48. The first-order valence-electron chi connectivity index (χ1n) is 4.96. The molecule has 0 aromatic carbocycles. The minimum atomic E-state index is 0.498. The van der Waals surface area contributed by atoms with Crippen LogP contribution in [0.4, 0.5) is 0 Å². The van der Waals surface area contributed by atoms with Gasteiger partial charge in [-0.2, -0.15) is 0 Å². The summed E-state index contributed by atoms with van der Waals surface area (Å²) in [6, 6.07) is 0. The summed E-state index contributed by atoms with van der Waals surface area (Å²) in [7, 11) is 0. The van der Waals surface area contributed by atoms with Crippen molar-refractivity contribution in [2.24, 2.45) is 5.73 Å². The SMILES string of the molecule is CCc1[nH]c(CCN)nc1C(C)C. The van der Waals surface area contributed by atoms with Gasteiger partial charge >= 0.3 is 0 Å². The van der Waals surface area contributed by atoms with E-state index >= 15 is 0 Å². The first kappa shape index (κ1) is 10.3. The molecular formula is C10H19N3. The molecule has 1 aromatic heterocycles. The van der Waals surface area contributed by atoms with Crippen LogP contribution in [0.25, 0.3) is 0 Å². The highest BCUT2D eigenvalue weighted by molar-refractivity contribution is 5.18. The molecule has 1 aromatic rings. The van der Waals surface area contributed by atoms with Crippen molar-refractivity contribution < 1.29 is 0 Å². The number of aryl methyl sites for hydroxylation is 1. The van der Waals surface area contributed by atoms with E-state index in [0.29, 0.717) is 12.5 Å². The van der Waals surface area contributed by atoms with Crippen LogP contribution in [0.2, 0.25) is 0 Å². The largest absolute Gasteiger partial charge is 0.346 e. The quantitative estimate of drug-likeness (QED) is 0.741. The van der Waals surface area contributed by atoms with Gasteiger partial charge in [-0.25, -0.2) is 4.98 Å². The fourth-order valence-corrected chi connectivity index (χ4v) is 1.48. The molecule has 3 heteroatoms. The molecule has 0 atom stereocenters. The molecule has 0 aliphatic rings. The number of H-pyrrole nitrogens is 1. The number of hydrogen-bond acceptors (Lipinski definition) is 2. The molecule has 0 unspecified atom stereocenters. The second kappa shape index (κ2) is 4.42. The Morgan fingerprint density at radius 1 is 1.46 bits per heavy atom. The van der Waals surface area contributed by atoms with E-state index in [0.717, 1.165) is 18.7 Å². The van der Waals surface area contributed by atoms with Crippen molar-refractivity contribution in [3.8, 4) is 0 Å². The molecule has 0 saturated heterocycles. The van der Waals surface area contributed by atoms with E-state index in [4.69, 9.17) is 5.73 Å². The van der Waals surface area contributed by atoms with Crippen LogP contribution in [0.15, 0.2) is 0 Å². The molecule has 74 valence electrons. The van der Waals surface area contributed by atoms with Crippen molar-refractivity contribution in [3.63, 3.8) is 0 Å². The number of imidazole rings is 1. The van der Waals surface area contributed by atoms with Crippen molar-refractivity contribution in [2.75, 3.05) is 6.54 Å². The zero-order valence-electron chi connectivity index (χ0n) is 8.72. The molecule has 0 radical (unpaired) electrons. The van der Waals surface area contributed by atoms with Gasteiger partial charge in [0.05, 0.1) is 5.69 Å². The topological polar surface area (TPSA) is 54.7 Å². The van der Waals surface area contributed by atoms with Gasteiger partial charge in [-0.1, -0.05) is 20.8 Å². The monoisotopic (exact) mass is 181 g/mol. The van der Waals surface area contributed by atoms with Crippen LogP contribution in [0.1, 0.15) is 43.9 Å². The molecule has 3 nitrogen and oxygen atoms in total. The third-order valence-electron chi connectivity index (χ3n) is 2.14. The zero-order chi connectivity index (χ0) is 9.84. The maximum Gasteiger partial charge on any atom is 0.107 e. The summed E-state index contributed by atoms with van der Waals surface area (Å²) in [5.74, 6) is 1.53. The van der Waals surface area contributed by atoms with Crippen LogP contribution in [-0.2, 0) is 12.8 Å². The number of nitrogens with one attached hydrogen (secondary N) is 1.